The summed E-state index contributed by atoms with van der Waals surface area (Å²) in [7, 11) is 4.19. The van der Waals surface area contributed by atoms with E-state index in [2.05, 4.69) is 24.3 Å². The summed E-state index contributed by atoms with van der Waals surface area (Å²) >= 11 is 0. The maximum Gasteiger partial charge on any atom is 0.0219 e. The third kappa shape index (κ3) is 3.09. The highest BCUT2D eigenvalue weighted by Crippen LogP contribution is 2.16. The Kier molecular flexibility index (Phi) is 3.98. The highest BCUT2D eigenvalue weighted by atomic mass is 15.1. The van der Waals surface area contributed by atoms with Crippen LogP contribution in [0.1, 0.15) is 19.3 Å². The summed E-state index contributed by atoms with van der Waals surface area (Å²) in [5.74, 6) is 0. The highest BCUT2D eigenvalue weighted by molar-refractivity contribution is 4.85. The minimum Gasteiger partial charge on any atom is -0.326 e. The lowest BCUT2D eigenvalue weighted by Gasteiger charge is -2.18. The normalized spacial score (nSPS) is 30.0. The van der Waals surface area contributed by atoms with Crippen LogP contribution in [0, 0.1) is 0 Å². The van der Waals surface area contributed by atoms with Crippen LogP contribution in [-0.4, -0.2) is 44.2 Å². The van der Waals surface area contributed by atoms with E-state index in [0.717, 1.165) is 13.1 Å². The van der Waals surface area contributed by atoms with Crippen molar-refractivity contribution in [2.24, 2.45) is 5.73 Å². The fraction of sp³-hybridized carbons (Fsp3) is 1.00. The third-order valence-electron chi connectivity index (χ3n) is 2.53. The Hall–Kier alpha value is -0.120. The van der Waals surface area contributed by atoms with E-state index in [1.165, 1.54) is 19.3 Å². The van der Waals surface area contributed by atoms with Crippen LogP contribution in [0.5, 0.6) is 0 Å². The Bertz CT molecular complexity index is 125. The second-order valence-electron chi connectivity index (χ2n) is 3.96. The van der Waals surface area contributed by atoms with E-state index in [9.17, 15) is 0 Å². The number of rotatable bonds is 4. The van der Waals surface area contributed by atoms with Gasteiger partial charge in [0.2, 0.25) is 0 Å². The average molecular weight is 171 g/mol. The van der Waals surface area contributed by atoms with Crippen molar-refractivity contribution in [3.8, 4) is 0 Å². The summed E-state index contributed by atoms with van der Waals surface area (Å²) in [5, 5.41) is 3.50. The maximum absolute atomic E-state index is 5.92. The molecule has 12 heavy (non-hydrogen) atoms. The lowest BCUT2D eigenvalue weighted by molar-refractivity contribution is 0.375. The summed E-state index contributed by atoms with van der Waals surface area (Å²) in [6.07, 6.45) is 3.75. The average Bonchev–Trinajstić information content (AvgIpc) is 2.36. The van der Waals surface area contributed by atoms with Crippen LogP contribution in [0.3, 0.4) is 0 Å². The SMILES string of the molecule is CN(C)CCN[C@H]1CCC[C@@H]1N. The van der Waals surface area contributed by atoms with Gasteiger partial charge in [-0.3, -0.25) is 0 Å². The number of hydrogen-bond acceptors (Lipinski definition) is 3. The Morgan fingerprint density at radius 3 is 2.67 bits per heavy atom. The van der Waals surface area contributed by atoms with Crippen molar-refractivity contribution in [3.05, 3.63) is 0 Å². The molecular weight excluding hydrogens is 150 g/mol. The van der Waals surface area contributed by atoms with Crippen molar-refractivity contribution < 1.29 is 0 Å². The number of likely N-dealkylation sites (N-methyl/N-ethyl adjacent to an activating group) is 1. The molecule has 0 aromatic rings. The van der Waals surface area contributed by atoms with E-state index in [4.69, 9.17) is 5.73 Å². The van der Waals surface area contributed by atoms with Crippen molar-refractivity contribution >= 4 is 0 Å². The molecule has 2 atom stereocenters. The second kappa shape index (κ2) is 4.80. The molecule has 0 heterocycles. The monoisotopic (exact) mass is 171 g/mol. The minimum atomic E-state index is 0.396. The van der Waals surface area contributed by atoms with E-state index in [1.54, 1.807) is 0 Å². The van der Waals surface area contributed by atoms with Gasteiger partial charge in [0.15, 0.2) is 0 Å². The topological polar surface area (TPSA) is 41.3 Å². The molecule has 1 saturated carbocycles. The predicted octanol–water partition coefficient (Wildman–Crippen LogP) is 0.0174. The van der Waals surface area contributed by atoms with Gasteiger partial charge < -0.3 is 16.0 Å². The number of nitrogens with two attached hydrogens (primary N) is 1. The quantitative estimate of drug-likeness (QED) is 0.626. The van der Waals surface area contributed by atoms with Crippen LogP contribution in [-0.2, 0) is 0 Å². The summed E-state index contributed by atoms with van der Waals surface area (Å²) in [6, 6.07) is 0.970. The van der Waals surface area contributed by atoms with Crippen molar-refractivity contribution in [1.29, 1.82) is 0 Å². The molecular formula is C9H21N3. The van der Waals surface area contributed by atoms with Gasteiger partial charge in [-0.25, -0.2) is 0 Å². The van der Waals surface area contributed by atoms with Crippen molar-refractivity contribution in [3.63, 3.8) is 0 Å². The molecule has 72 valence electrons. The summed E-state index contributed by atoms with van der Waals surface area (Å²) < 4.78 is 0. The highest BCUT2D eigenvalue weighted by Gasteiger charge is 2.22. The lowest BCUT2D eigenvalue weighted by Crippen LogP contribution is -2.43. The van der Waals surface area contributed by atoms with Gasteiger partial charge in [-0.15, -0.1) is 0 Å². The molecule has 1 rings (SSSR count). The standard InChI is InChI=1S/C9H21N3/c1-12(2)7-6-11-9-5-3-4-8(9)10/h8-9,11H,3-7,10H2,1-2H3/t8-,9-/m0/s1. The van der Waals surface area contributed by atoms with Gasteiger partial charge in [0.1, 0.15) is 0 Å². The summed E-state index contributed by atoms with van der Waals surface area (Å²) in [5.41, 5.74) is 5.92. The third-order valence-corrected chi connectivity index (χ3v) is 2.53. The van der Waals surface area contributed by atoms with E-state index in [-0.39, 0.29) is 0 Å². The summed E-state index contributed by atoms with van der Waals surface area (Å²) in [6.45, 7) is 2.16. The van der Waals surface area contributed by atoms with Crippen LogP contribution < -0.4 is 11.1 Å². The molecule has 0 amide bonds. The molecule has 3 nitrogen and oxygen atoms in total. The lowest BCUT2D eigenvalue weighted by atomic mass is 10.2. The first kappa shape index (κ1) is 9.96. The fourth-order valence-corrected chi connectivity index (χ4v) is 1.72. The van der Waals surface area contributed by atoms with E-state index >= 15 is 0 Å². The molecule has 3 heteroatoms. The van der Waals surface area contributed by atoms with Crippen molar-refractivity contribution in [1.82, 2.24) is 10.2 Å². The maximum atomic E-state index is 5.92. The van der Waals surface area contributed by atoms with Gasteiger partial charge in [-0.1, -0.05) is 6.42 Å². The van der Waals surface area contributed by atoms with Crippen molar-refractivity contribution in [2.45, 2.75) is 31.3 Å². The van der Waals surface area contributed by atoms with Gasteiger partial charge >= 0.3 is 0 Å². The van der Waals surface area contributed by atoms with E-state index in [1.807, 2.05) is 0 Å². The number of nitrogens with one attached hydrogen (secondary N) is 1. The van der Waals surface area contributed by atoms with Crippen LogP contribution >= 0.6 is 0 Å². The Morgan fingerprint density at radius 1 is 1.42 bits per heavy atom. The molecule has 0 aromatic heterocycles. The van der Waals surface area contributed by atoms with Gasteiger partial charge in [-0.05, 0) is 26.9 Å². The molecule has 1 aliphatic carbocycles. The Morgan fingerprint density at radius 2 is 2.17 bits per heavy atom. The molecule has 0 saturated heterocycles. The van der Waals surface area contributed by atoms with Gasteiger partial charge in [0, 0.05) is 25.2 Å². The molecule has 0 spiro atoms. The molecule has 0 radical (unpaired) electrons. The largest absolute Gasteiger partial charge is 0.326 e. The van der Waals surface area contributed by atoms with Crippen LogP contribution in [0.2, 0.25) is 0 Å². The Labute approximate surface area is 75.3 Å². The zero-order valence-corrected chi connectivity index (χ0v) is 8.21. The Balaban J connectivity index is 2.06. The zero-order valence-electron chi connectivity index (χ0n) is 8.21. The molecule has 0 bridgehead atoms. The number of nitrogens with zero attached hydrogens (tertiary/aromatic N) is 1. The second-order valence-corrected chi connectivity index (χ2v) is 3.96. The van der Waals surface area contributed by atoms with Crippen LogP contribution in [0.15, 0.2) is 0 Å². The molecule has 1 aliphatic rings. The fourth-order valence-electron chi connectivity index (χ4n) is 1.72. The molecule has 3 N–H and O–H groups in total. The van der Waals surface area contributed by atoms with E-state index in [0.29, 0.717) is 12.1 Å². The molecule has 1 fully saturated rings. The molecule has 0 aliphatic heterocycles. The molecule has 0 aromatic carbocycles. The molecule has 0 unspecified atom stereocenters. The van der Waals surface area contributed by atoms with Gasteiger partial charge in [-0.2, -0.15) is 0 Å². The summed E-state index contributed by atoms with van der Waals surface area (Å²) in [4.78, 5) is 2.19. The number of hydrogen-bond donors (Lipinski definition) is 2. The van der Waals surface area contributed by atoms with Crippen LogP contribution in [0.25, 0.3) is 0 Å². The van der Waals surface area contributed by atoms with Crippen molar-refractivity contribution in [2.75, 3.05) is 27.2 Å². The first-order chi connectivity index (χ1) is 5.70. The zero-order chi connectivity index (χ0) is 8.97. The first-order valence-corrected chi connectivity index (χ1v) is 4.84. The minimum absolute atomic E-state index is 0.396. The smallest absolute Gasteiger partial charge is 0.0219 e. The first-order valence-electron chi connectivity index (χ1n) is 4.84. The van der Waals surface area contributed by atoms with E-state index < -0.39 is 0 Å². The predicted molar refractivity (Wildman–Crippen MR) is 52.2 cm³/mol. The van der Waals surface area contributed by atoms with Crippen LogP contribution in [0.4, 0.5) is 0 Å². The van der Waals surface area contributed by atoms with Gasteiger partial charge in [0.25, 0.3) is 0 Å². The van der Waals surface area contributed by atoms with Gasteiger partial charge in [0.05, 0.1) is 0 Å².